The second kappa shape index (κ2) is 9.09. The van der Waals surface area contributed by atoms with E-state index in [1.54, 1.807) is 0 Å². The van der Waals surface area contributed by atoms with E-state index in [1.165, 1.54) is 0 Å². The first-order chi connectivity index (χ1) is 18.4. The van der Waals surface area contributed by atoms with Crippen LogP contribution < -0.4 is 5.32 Å². The molecule has 4 nitrogen and oxygen atoms in total. The molecule has 10 atom stereocenters. The molecule has 0 aromatic rings. The van der Waals surface area contributed by atoms with Crippen LogP contribution in [0.2, 0.25) is 0 Å². The van der Waals surface area contributed by atoms with Crippen LogP contribution in [0.25, 0.3) is 0 Å². The summed E-state index contributed by atoms with van der Waals surface area (Å²) in [7, 11) is 0. The molecule has 0 heterocycles. The number of hydrogen-bond acceptors (Lipinski definition) is 3. The molecule has 0 aliphatic heterocycles. The lowest BCUT2D eigenvalue weighted by molar-refractivity contribution is -0.224. The van der Waals surface area contributed by atoms with Crippen molar-refractivity contribution in [2.45, 2.75) is 105 Å². The van der Waals surface area contributed by atoms with E-state index in [0.717, 1.165) is 44.1 Å². The first-order valence-electron chi connectivity index (χ1n) is 15.2. The number of alkyl halides is 3. The normalized spacial score (nSPS) is 47.5. The van der Waals surface area contributed by atoms with Crippen molar-refractivity contribution in [1.82, 2.24) is 5.32 Å². The van der Waals surface area contributed by atoms with Gasteiger partial charge in [0.25, 0.3) is 0 Å². The first-order valence-corrected chi connectivity index (χ1v) is 15.2. The zero-order valence-electron chi connectivity index (χ0n) is 25.0. The highest BCUT2D eigenvalue weighted by Gasteiger charge is 2.71. The largest absolute Gasteiger partial charge is 0.405 e. The lowest BCUT2D eigenvalue weighted by Crippen LogP contribution is -2.67. The molecular formula is C33H47F3N2O2. The van der Waals surface area contributed by atoms with E-state index in [1.807, 2.05) is 6.92 Å². The molecule has 5 aliphatic rings. The van der Waals surface area contributed by atoms with Gasteiger partial charge in [0, 0.05) is 0 Å². The summed E-state index contributed by atoms with van der Waals surface area (Å²) in [5.74, 6) is 0.456. The first kappa shape index (κ1) is 29.7. The Labute approximate surface area is 237 Å². The van der Waals surface area contributed by atoms with Gasteiger partial charge in [-0.2, -0.15) is 18.4 Å². The number of hydrogen-bond donors (Lipinski definition) is 2. The maximum absolute atomic E-state index is 13.7. The van der Waals surface area contributed by atoms with Crippen LogP contribution >= 0.6 is 0 Å². The summed E-state index contributed by atoms with van der Waals surface area (Å²) in [5, 5.41) is 23.4. The van der Waals surface area contributed by atoms with Crippen LogP contribution in [0.1, 0.15) is 92.9 Å². The zero-order chi connectivity index (χ0) is 29.7. The molecule has 0 spiro atoms. The molecule has 4 saturated carbocycles. The minimum atomic E-state index is -4.44. The predicted octanol–water partition coefficient (Wildman–Crippen LogP) is 7.35. The standard InChI is InChI=1S/C33H47F3N2O2/c1-19(2)21-10-13-32(27(40)38-18-33(34,35)36)15-14-30(6)22(25(21)32)8-9-24-29(5)16-20(17-37)26(39)28(3,4)23(29)11-12-31(24,30)7/h16,21-26,39H,1,8-15,18H2,2-7H3,(H,38,40)/t21-,22?,23?,24+,25?,26?,29-,30+,31+,32-/m0/s1. The Morgan fingerprint density at radius 2 is 1.73 bits per heavy atom. The highest BCUT2D eigenvalue weighted by atomic mass is 19.4. The minimum Gasteiger partial charge on any atom is -0.387 e. The van der Waals surface area contributed by atoms with E-state index in [9.17, 15) is 28.3 Å². The van der Waals surface area contributed by atoms with Gasteiger partial charge in [-0.15, -0.1) is 0 Å². The predicted molar refractivity (Wildman–Crippen MR) is 149 cm³/mol. The molecule has 0 bridgehead atoms. The number of fused-ring (bicyclic) bond motifs is 7. The van der Waals surface area contributed by atoms with Gasteiger partial charge in [0.1, 0.15) is 6.54 Å². The summed E-state index contributed by atoms with van der Waals surface area (Å²) in [6.45, 7) is 16.4. The second-order valence-corrected chi connectivity index (χ2v) is 15.4. The lowest BCUT2D eigenvalue weighted by Gasteiger charge is -2.72. The topological polar surface area (TPSA) is 73.1 Å². The van der Waals surface area contributed by atoms with Crippen molar-refractivity contribution >= 4 is 5.91 Å². The highest BCUT2D eigenvalue weighted by Crippen LogP contribution is 2.77. The number of nitrogens with zero attached hydrogens (tertiary/aromatic N) is 1. The molecule has 1 amide bonds. The molecule has 222 valence electrons. The van der Waals surface area contributed by atoms with Gasteiger partial charge in [-0.1, -0.05) is 52.8 Å². The van der Waals surface area contributed by atoms with Crippen LogP contribution in [0.5, 0.6) is 0 Å². The van der Waals surface area contributed by atoms with E-state index < -0.39 is 35.6 Å². The molecule has 4 unspecified atom stereocenters. The summed E-state index contributed by atoms with van der Waals surface area (Å²) in [5.41, 5.74) is -0.0861. The number of rotatable bonds is 3. The average Bonchev–Trinajstić information content (AvgIpc) is 3.26. The number of aliphatic hydroxyl groups is 1. The Kier molecular flexibility index (Phi) is 6.75. The molecular weight excluding hydrogens is 513 g/mol. The van der Waals surface area contributed by atoms with Crippen molar-refractivity contribution in [3.8, 4) is 6.07 Å². The van der Waals surface area contributed by atoms with Gasteiger partial charge in [0.15, 0.2) is 0 Å². The minimum absolute atomic E-state index is 0.0184. The van der Waals surface area contributed by atoms with Gasteiger partial charge in [0.05, 0.1) is 23.2 Å². The third kappa shape index (κ3) is 3.83. The van der Waals surface area contributed by atoms with E-state index >= 15 is 0 Å². The second-order valence-electron chi connectivity index (χ2n) is 15.4. The smallest absolute Gasteiger partial charge is 0.387 e. The number of halogens is 3. The van der Waals surface area contributed by atoms with E-state index in [4.69, 9.17) is 0 Å². The molecule has 0 aromatic heterocycles. The van der Waals surface area contributed by atoms with Crippen molar-refractivity contribution in [2.75, 3.05) is 6.54 Å². The van der Waals surface area contributed by atoms with Gasteiger partial charge < -0.3 is 10.4 Å². The fourth-order valence-electron chi connectivity index (χ4n) is 11.7. The van der Waals surface area contributed by atoms with Crippen LogP contribution in [-0.4, -0.2) is 29.8 Å². The van der Waals surface area contributed by atoms with Gasteiger partial charge in [-0.25, -0.2) is 0 Å². The number of allylic oxidation sites excluding steroid dienone is 2. The van der Waals surface area contributed by atoms with E-state index in [0.29, 0.717) is 24.3 Å². The fourth-order valence-corrected chi connectivity index (χ4v) is 11.7. The number of aliphatic hydroxyl groups excluding tert-OH is 1. The summed E-state index contributed by atoms with van der Waals surface area (Å²) >= 11 is 0. The van der Waals surface area contributed by atoms with Crippen LogP contribution in [0.3, 0.4) is 0 Å². The monoisotopic (exact) mass is 560 g/mol. The number of amides is 1. The van der Waals surface area contributed by atoms with Crippen molar-refractivity contribution in [3.63, 3.8) is 0 Å². The SMILES string of the molecule is C=C(C)[C@@H]1CC[C@]2(C(=O)NCC(F)(F)F)CC[C@]3(C)C(CC[C@@H]4[C@@]5(C)C=C(C#N)C(O)C(C)(C)C5CC[C@]43C)C12. The third-order valence-electron chi connectivity index (χ3n) is 13.6. The Balaban J connectivity index is 1.56. The molecule has 40 heavy (non-hydrogen) atoms. The summed E-state index contributed by atoms with van der Waals surface area (Å²) in [6, 6.07) is 2.31. The van der Waals surface area contributed by atoms with Crippen LogP contribution in [-0.2, 0) is 4.79 Å². The molecule has 0 saturated heterocycles. The maximum Gasteiger partial charge on any atom is 0.405 e. The summed E-state index contributed by atoms with van der Waals surface area (Å²) < 4.78 is 39.4. The highest BCUT2D eigenvalue weighted by molar-refractivity contribution is 5.84. The number of nitrogens with one attached hydrogen (secondary N) is 1. The number of carbonyl (C=O) groups is 1. The van der Waals surface area contributed by atoms with Crippen molar-refractivity contribution in [1.29, 1.82) is 5.26 Å². The zero-order valence-corrected chi connectivity index (χ0v) is 25.0. The molecule has 2 N–H and O–H groups in total. The maximum atomic E-state index is 13.7. The van der Waals surface area contributed by atoms with Gasteiger partial charge in [-0.3, -0.25) is 4.79 Å². The van der Waals surface area contributed by atoms with Crippen molar-refractivity contribution < 1.29 is 23.1 Å². The Morgan fingerprint density at radius 3 is 2.33 bits per heavy atom. The van der Waals surface area contributed by atoms with Crippen molar-refractivity contribution in [2.24, 2.45) is 56.7 Å². The Bertz CT molecular complexity index is 1170. The van der Waals surface area contributed by atoms with E-state index in [2.05, 4.69) is 58.7 Å². The number of nitriles is 1. The molecule has 0 radical (unpaired) electrons. The van der Waals surface area contributed by atoms with Gasteiger partial charge in [0.2, 0.25) is 5.91 Å². The Hall–Kier alpha value is -1.81. The lowest BCUT2D eigenvalue weighted by atomic mass is 9.32. The molecule has 4 fully saturated rings. The summed E-state index contributed by atoms with van der Waals surface area (Å²) in [6.07, 6.45) is 3.55. The van der Waals surface area contributed by atoms with Crippen LogP contribution in [0.15, 0.2) is 23.8 Å². The third-order valence-corrected chi connectivity index (χ3v) is 13.6. The van der Waals surface area contributed by atoms with Crippen LogP contribution in [0, 0.1) is 68.0 Å². The van der Waals surface area contributed by atoms with Crippen LogP contribution in [0.4, 0.5) is 13.2 Å². The van der Waals surface area contributed by atoms with E-state index in [-0.39, 0.29) is 39.9 Å². The Morgan fingerprint density at radius 1 is 1.05 bits per heavy atom. The van der Waals surface area contributed by atoms with Gasteiger partial charge >= 0.3 is 6.18 Å². The quantitative estimate of drug-likeness (QED) is 0.355. The summed E-state index contributed by atoms with van der Waals surface area (Å²) in [4.78, 5) is 13.7. The molecule has 5 rings (SSSR count). The molecule has 5 aliphatic carbocycles. The molecule has 7 heteroatoms. The van der Waals surface area contributed by atoms with Gasteiger partial charge in [-0.05, 0) is 110 Å². The number of carbonyl (C=O) groups excluding carboxylic acids is 1. The van der Waals surface area contributed by atoms with Crippen molar-refractivity contribution in [3.05, 3.63) is 23.8 Å². The molecule has 0 aromatic carbocycles. The average molecular weight is 561 g/mol. The fraction of sp³-hybridized carbons (Fsp3) is 0.818.